The Balaban J connectivity index is 1.36. The minimum Gasteiger partial charge on any atom is -0.354 e. The van der Waals surface area contributed by atoms with Gasteiger partial charge < -0.3 is 4.98 Å². The summed E-state index contributed by atoms with van der Waals surface area (Å²) in [4.78, 5) is 14.0. The normalized spacial score (nSPS) is 12.3. The number of aromatic nitrogens is 3. The SMILES string of the molecule is CC(C)(C)c1cc(-c2cc(-c3cccc(-c4cc5ccccc5cn4)c3)nc(-c3cccc4c3[nH]c3ccccc34)c2)cc(C(C)(C)C)c1. The Kier molecular flexibility index (Phi) is 7.26. The van der Waals surface area contributed by atoms with Gasteiger partial charge in [0, 0.05) is 44.6 Å². The molecule has 0 fully saturated rings. The van der Waals surface area contributed by atoms with E-state index in [-0.39, 0.29) is 10.8 Å². The third-order valence-corrected chi connectivity index (χ3v) is 9.73. The number of aromatic amines is 1. The molecule has 0 radical (unpaired) electrons. The monoisotopic (exact) mass is 635 g/mol. The number of rotatable bonds is 4. The molecular formula is C46H41N3. The van der Waals surface area contributed by atoms with Crippen molar-refractivity contribution in [3.63, 3.8) is 0 Å². The summed E-state index contributed by atoms with van der Waals surface area (Å²) in [5, 5.41) is 4.75. The Labute approximate surface area is 288 Å². The zero-order valence-electron chi connectivity index (χ0n) is 29.1. The van der Waals surface area contributed by atoms with Crippen LogP contribution in [0, 0.1) is 0 Å². The van der Waals surface area contributed by atoms with Gasteiger partial charge >= 0.3 is 0 Å². The summed E-state index contributed by atoms with van der Waals surface area (Å²) in [6.07, 6.45) is 1.96. The molecule has 0 unspecified atom stereocenters. The van der Waals surface area contributed by atoms with Gasteiger partial charge in [0.05, 0.1) is 22.6 Å². The highest BCUT2D eigenvalue weighted by Gasteiger charge is 2.22. The molecule has 8 aromatic rings. The van der Waals surface area contributed by atoms with Gasteiger partial charge in [0.1, 0.15) is 0 Å². The first-order chi connectivity index (χ1) is 23.5. The molecule has 3 aromatic heterocycles. The Hall–Kier alpha value is -5.54. The van der Waals surface area contributed by atoms with E-state index in [0.717, 1.165) is 55.8 Å². The molecule has 0 aliphatic heterocycles. The molecule has 0 saturated heterocycles. The third kappa shape index (κ3) is 5.80. The predicted molar refractivity (Wildman–Crippen MR) is 208 cm³/mol. The van der Waals surface area contributed by atoms with E-state index >= 15 is 0 Å². The summed E-state index contributed by atoms with van der Waals surface area (Å²) in [6.45, 7) is 13.8. The number of fused-ring (bicyclic) bond motifs is 4. The summed E-state index contributed by atoms with van der Waals surface area (Å²) in [6, 6.07) is 45.9. The lowest BCUT2D eigenvalue weighted by Gasteiger charge is -2.26. The molecule has 0 amide bonds. The highest BCUT2D eigenvalue weighted by atomic mass is 14.7. The van der Waals surface area contributed by atoms with E-state index in [1.807, 2.05) is 6.20 Å². The predicted octanol–water partition coefficient (Wildman–Crippen LogP) is 12.5. The van der Waals surface area contributed by atoms with E-state index in [4.69, 9.17) is 9.97 Å². The van der Waals surface area contributed by atoms with Gasteiger partial charge in [-0.3, -0.25) is 4.98 Å². The topological polar surface area (TPSA) is 41.6 Å². The van der Waals surface area contributed by atoms with Crippen LogP contribution in [0.1, 0.15) is 52.7 Å². The Morgan fingerprint density at radius 3 is 1.84 bits per heavy atom. The molecule has 5 aromatic carbocycles. The van der Waals surface area contributed by atoms with Gasteiger partial charge in [0.15, 0.2) is 0 Å². The van der Waals surface area contributed by atoms with Crippen LogP contribution >= 0.6 is 0 Å². The van der Waals surface area contributed by atoms with Crippen molar-refractivity contribution in [2.24, 2.45) is 0 Å². The maximum absolute atomic E-state index is 5.41. The lowest BCUT2D eigenvalue weighted by atomic mass is 9.79. The fraction of sp³-hybridized carbons (Fsp3) is 0.174. The van der Waals surface area contributed by atoms with E-state index < -0.39 is 0 Å². The van der Waals surface area contributed by atoms with E-state index in [1.54, 1.807) is 0 Å². The molecule has 8 rings (SSSR count). The molecule has 0 saturated carbocycles. The number of para-hydroxylation sites is 2. The highest BCUT2D eigenvalue weighted by Crippen LogP contribution is 2.39. The van der Waals surface area contributed by atoms with E-state index in [2.05, 4.69) is 174 Å². The van der Waals surface area contributed by atoms with Gasteiger partial charge in [0.25, 0.3) is 0 Å². The molecule has 49 heavy (non-hydrogen) atoms. The number of H-pyrrole nitrogens is 1. The van der Waals surface area contributed by atoms with Crippen LogP contribution in [-0.2, 0) is 10.8 Å². The fourth-order valence-corrected chi connectivity index (χ4v) is 6.81. The first-order valence-corrected chi connectivity index (χ1v) is 17.2. The molecule has 3 heterocycles. The minimum atomic E-state index is 0.00579. The van der Waals surface area contributed by atoms with Crippen molar-refractivity contribution >= 4 is 32.6 Å². The van der Waals surface area contributed by atoms with Crippen LogP contribution in [0.25, 0.3) is 77.5 Å². The summed E-state index contributed by atoms with van der Waals surface area (Å²) in [5.74, 6) is 0. The van der Waals surface area contributed by atoms with Crippen LogP contribution in [-0.4, -0.2) is 15.0 Å². The number of hydrogen-bond acceptors (Lipinski definition) is 2. The second kappa shape index (κ2) is 11.6. The molecule has 0 spiro atoms. The largest absolute Gasteiger partial charge is 0.354 e. The van der Waals surface area contributed by atoms with Crippen molar-refractivity contribution < 1.29 is 0 Å². The number of hydrogen-bond donors (Lipinski definition) is 1. The van der Waals surface area contributed by atoms with Crippen LogP contribution in [0.3, 0.4) is 0 Å². The Morgan fingerprint density at radius 1 is 0.469 bits per heavy atom. The van der Waals surface area contributed by atoms with Gasteiger partial charge in [-0.2, -0.15) is 0 Å². The summed E-state index contributed by atoms with van der Waals surface area (Å²) in [7, 11) is 0. The van der Waals surface area contributed by atoms with Crippen LogP contribution < -0.4 is 0 Å². The summed E-state index contributed by atoms with van der Waals surface area (Å²) in [5.41, 5.74) is 13.3. The average Bonchev–Trinajstić information content (AvgIpc) is 3.49. The molecule has 0 bridgehead atoms. The second-order valence-electron chi connectivity index (χ2n) is 15.3. The van der Waals surface area contributed by atoms with Gasteiger partial charge in [-0.25, -0.2) is 4.98 Å². The van der Waals surface area contributed by atoms with Crippen LogP contribution in [0.15, 0.2) is 134 Å². The zero-order chi connectivity index (χ0) is 33.9. The van der Waals surface area contributed by atoms with E-state index in [1.165, 1.54) is 32.8 Å². The molecule has 0 aliphatic carbocycles. The molecule has 240 valence electrons. The third-order valence-electron chi connectivity index (χ3n) is 9.73. The number of pyridine rings is 2. The van der Waals surface area contributed by atoms with Crippen molar-refractivity contribution in [3.05, 3.63) is 145 Å². The second-order valence-corrected chi connectivity index (χ2v) is 15.3. The van der Waals surface area contributed by atoms with Crippen molar-refractivity contribution in [2.45, 2.75) is 52.4 Å². The first-order valence-electron chi connectivity index (χ1n) is 17.2. The number of benzene rings is 5. The number of nitrogens with zero attached hydrogens (tertiary/aromatic N) is 2. The molecule has 0 atom stereocenters. The molecule has 3 nitrogen and oxygen atoms in total. The lowest BCUT2D eigenvalue weighted by Crippen LogP contribution is -2.16. The van der Waals surface area contributed by atoms with Gasteiger partial charge in [-0.1, -0.05) is 139 Å². The Morgan fingerprint density at radius 2 is 1.08 bits per heavy atom. The fourth-order valence-electron chi connectivity index (χ4n) is 6.81. The molecule has 1 N–H and O–H groups in total. The maximum Gasteiger partial charge on any atom is 0.0736 e. The minimum absolute atomic E-state index is 0.00579. The standard InChI is InChI=1S/C46H41N3/c1-45(2,3)35-22-33(23-36(27-35)46(4,5)6)34-25-42(31-16-11-15-30(21-31)41-24-29-13-7-8-14-32(29)28-47-41)48-43(26-34)39-19-12-18-38-37-17-9-10-20-40(37)49-44(38)39/h7-28,49H,1-6H3. The van der Waals surface area contributed by atoms with Gasteiger partial charge in [-0.15, -0.1) is 0 Å². The molecular weight excluding hydrogens is 595 g/mol. The van der Waals surface area contributed by atoms with E-state index in [9.17, 15) is 0 Å². The summed E-state index contributed by atoms with van der Waals surface area (Å²) < 4.78 is 0. The van der Waals surface area contributed by atoms with Crippen LogP contribution in [0.5, 0.6) is 0 Å². The molecule has 3 heteroatoms. The smallest absolute Gasteiger partial charge is 0.0736 e. The first kappa shape index (κ1) is 30.8. The van der Waals surface area contributed by atoms with Crippen molar-refractivity contribution in [1.29, 1.82) is 0 Å². The van der Waals surface area contributed by atoms with Crippen molar-refractivity contribution in [2.75, 3.05) is 0 Å². The Bertz CT molecular complexity index is 2490. The summed E-state index contributed by atoms with van der Waals surface area (Å²) >= 11 is 0. The van der Waals surface area contributed by atoms with Gasteiger partial charge in [-0.05, 0) is 68.8 Å². The van der Waals surface area contributed by atoms with Crippen molar-refractivity contribution in [1.82, 2.24) is 15.0 Å². The quantitative estimate of drug-likeness (QED) is 0.209. The lowest BCUT2D eigenvalue weighted by molar-refractivity contribution is 0.569. The van der Waals surface area contributed by atoms with Crippen LogP contribution in [0.4, 0.5) is 0 Å². The van der Waals surface area contributed by atoms with Crippen LogP contribution in [0.2, 0.25) is 0 Å². The highest BCUT2D eigenvalue weighted by molar-refractivity contribution is 6.11. The number of nitrogens with one attached hydrogen (secondary N) is 1. The zero-order valence-corrected chi connectivity index (χ0v) is 29.1. The average molecular weight is 636 g/mol. The van der Waals surface area contributed by atoms with Crippen molar-refractivity contribution in [3.8, 4) is 44.9 Å². The maximum atomic E-state index is 5.41. The molecule has 0 aliphatic rings. The van der Waals surface area contributed by atoms with Gasteiger partial charge in [0.2, 0.25) is 0 Å². The van der Waals surface area contributed by atoms with E-state index in [0.29, 0.717) is 0 Å².